The molecule has 0 atom stereocenters. The molecule has 0 aliphatic carbocycles. The first kappa shape index (κ1) is 16.4. The monoisotopic (exact) mass is 301 g/mol. The molecule has 0 aliphatic heterocycles. The smallest absolute Gasteiger partial charge is 0.387 e. The van der Waals surface area contributed by atoms with Crippen molar-refractivity contribution < 1.29 is 32.6 Å². The molecule has 0 saturated heterocycles. The molecular formula is C13H13F2NO5. The molecule has 0 fully saturated rings. The summed E-state index contributed by atoms with van der Waals surface area (Å²) >= 11 is 0. The highest BCUT2D eigenvalue weighted by molar-refractivity contribution is 5.98. The Morgan fingerprint density at radius 1 is 1.24 bits per heavy atom. The maximum Gasteiger partial charge on any atom is 0.387 e. The van der Waals surface area contributed by atoms with E-state index < -0.39 is 18.6 Å². The van der Waals surface area contributed by atoms with Gasteiger partial charge in [0, 0.05) is 11.8 Å². The minimum absolute atomic E-state index is 0.0997. The average molecular weight is 301 g/mol. The second kappa shape index (κ2) is 7.83. The van der Waals surface area contributed by atoms with Crippen LogP contribution in [0.25, 0.3) is 0 Å². The summed E-state index contributed by atoms with van der Waals surface area (Å²) in [6.07, 6.45) is 0.881. The molecule has 114 valence electrons. The molecule has 21 heavy (non-hydrogen) atoms. The van der Waals surface area contributed by atoms with Crippen molar-refractivity contribution in [2.24, 2.45) is 0 Å². The van der Waals surface area contributed by atoms with Gasteiger partial charge < -0.3 is 19.5 Å². The van der Waals surface area contributed by atoms with Gasteiger partial charge in [-0.1, -0.05) is 6.07 Å². The molecule has 1 aromatic rings. The number of hydrogen-bond acceptors (Lipinski definition) is 6. The molecular weight excluding hydrogens is 288 g/mol. The lowest BCUT2D eigenvalue weighted by atomic mass is 10.2. The van der Waals surface area contributed by atoms with Gasteiger partial charge in [-0.2, -0.15) is 8.78 Å². The molecule has 0 saturated carbocycles. The number of rotatable bonds is 6. The zero-order valence-electron chi connectivity index (χ0n) is 11.3. The highest BCUT2D eigenvalue weighted by Crippen LogP contribution is 2.20. The Morgan fingerprint density at radius 3 is 2.52 bits per heavy atom. The summed E-state index contributed by atoms with van der Waals surface area (Å²) in [6, 6.07) is 5.48. The lowest BCUT2D eigenvalue weighted by Crippen LogP contribution is -2.15. The van der Waals surface area contributed by atoms with Crippen molar-refractivity contribution in [3.63, 3.8) is 0 Å². The molecule has 0 bridgehead atoms. The van der Waals surface area contributed by atoms with E-state index in [1.807, 2.05) is 0 Å². The SMILES string of the molecule is COC(=O)/C=C(/Nc1cccc(OC(F)F)c1)C(=O)OC. The third-order valence-electron chi connectivity index (χ3n) is 2.21. The molecule has 0 spiro atoms. The van der Waals surface area contributed by atoms with Crippen molar-refractivity contribution in [3.8, 4) is 5.75 Å². The number of carbonyl (C=O) groups excluding carboxylic acids is 2. The van der Waals surface area contributed by atoms with E-state index in [4.69, 9.17) is 0 Å². The second-order valence-electron chi connectivity index (χ2n) is 3.60. The van der Waals surface area contributed by atoms with Crippen LogP contribution in [0.3, 0.4) is 0 Å². The van der Waals surface area contributed by atoms with Gasteiger partial charge in [0.25, 0.3) is 0 Å². The molecule has 1 aromatic carbocycles. The van der Waals surface area contributed by atoms with Gasteiger partial charge in [-0.3, -0.25) is 0 Å². The van der Waals surface area contributed by atoms with Gasteiger partial charge in [0.1, 0.15) is 11.4 Å². The fourth-order valence-electron chi connectivity index (χ4n) is 1.34. The quantitative estimate of drug-likeness (QED) is 0.639. The van der Waals surface area contributed by atoms with Crippen LogP contribution in [-0.4, -0.2) is 32.8 Å². The Morgan fingerprint density at radius 2 is 1.95 bits per heavy atom. The summed E-state index contributed by atoms with van der Waals surface area (Å²) in [6.45, 7) is -2.97. The maximum absolute atomic E-state index is 12.1. The Kier molecular flexibility index (Phi) is 6.12. The van der Waals surface area contributed by atoms with Gasteiger partial charge in [-0.15, -0.1) is 0 Å². The minimum atomic E-state index is -2.97. The number of alkyl halides is 2. The molecule has 0 radical (unpaired) electrons. The first-order valence-corrected chi connectivity index (χ1v) is 5.66. The van der Waals surface area contributed by atoms with Crippen LogP contribution in [0.4, 0.5) is 14.5 Å². The Balaban J connectivity index is 2.96. The van der Waals surface area contributed by atoms with Crippen LogP contribution in [0, 0.1) is 0 Å². The number of benzene rings is 1. The molecule has 0 unspecified atom stereocenters. The van der Waals surface area contributed by atoms with E-state index in [2.05, 4.69) is 19.5 Å². The van der Waals surface area contributed by atoms with E-state index in [-0.39, 0.29) is 17.1 Å². The number of esters is 2. The van der Waals surface area contributed by atoms with Gasteiger partial charge in [0.15, 0.2) is 0 Å². The normalized spacial score (nSPS) is 11.0. The van der Waals surface area contributed by atoms with E-state index in [0.29, 0.717) is 0 Å². The van der Waals surface area contributed by atoms with E-state index in [1.54, 1.807) is 0 Å². The average Bonchev–Trinajstić information content (AvgIpc) is 2.45. The van der Waals surface area contributed by atoms with E-state index in [9.17, 15) is 18.4 Å². The lowest BCUT2D eigenvalue weighted by Gasteiger charge is -2.10. The first-order valence-electron chi connectivity index (χ1n) is 5.66. The number of carbonyl (C=O) groups is 2. The van der Waals surface area contributed by atoms with Crippen LogP contribution in [-0.2, 0) is 19.1 Å². The highest BCUT2D eigenvalue weighted by atomic mass is 19.3. The summed E-state index contributed by atoms with van der Waals surface area (Å²) in [4.78, 5) is 22.7. The number of halogens is 2. The largest absolute Gasteiger partial charge is 0.466 e. The van der Waals surface area contributed by atoms with Crippen molar-refractivity contribution in [2.75, 3.05) is 19.5 Å². The van der Waals surface area contributed by atoms with Crippen molar-refractivity contribution in [1.82, 2.24) is 0 Å². The van der Waals surface area contributed by atoms with E-state index in [1.165, 1.54) is 24.3 Å². The predicted octanol–water partition coefficient (Wildman–Crippen LogP) is 1.93. The van der Waals surface area contributed by atoms with Crippen molar-refractivity contribution in [3.05, 3.63) is 36.0 Å². The van der Waals surface area contributed by atoms with E-state index >= 15 is 0 Å². The Hall–Kier alpha value is -2.64. The summed E-state index contributed by atoms with van der Waals surface area (Å²) in [5, 5.41) is 2.57. The second-order valence-corrected chi connectivity index (χ2v) is 3.60. The fourth-order valence-corrected chi connectivity index (χ4v) is 1.34. The third kappa shape index (κ3) is 5.47. The summed E-state index contributed by atoms with van der Waals surface area (Å²) in [5.41, 5.74) is 0.0484. The molecule has 6 nitrogen and oxygen atoms in total. The molecule has 8 heteroatoms. The van der Waals surface area contributed by atoms with Crippen molar-refractivity contribution in [2.45, 2.75) is 6.61 Å². The highest BCUT2D eigenvalue weighted by Gasteiger charge is 2.13. The van der Waals surface area contributed by atoms with Crippen molar-refractivity contribution in [1.29, 1.82) is 0 Å². The van der Waals surface area contributed by atoms with Crippen LogP contribution < -0.4 is 10.1 Å². The number of hydrogen-bond donors (Lipinski definition) is 1. The number of methoxy groups -OCH3 is 2. The van der Waals surface area contributed by atoms with Gasteiger partial charge >= 0.3 is 18.6 Å². The first-order chi connectivity index (χ1) is 9.96. The maximum atomic E-state index is 12.1. The lowest BCUT2D eigenvalue weighted by molar-refractivity contribution is -0.138. The minimum Gasteiger partial charge on any atom is -0.466 e. The van der Waals surface area contributed by atoms with Gasteiger partial charge in [-0.05, 0) is 12.1 Å². The molecule has 1 N–H and O–H groups in total. The van der Waals surface area contributed by atoms with Crippen LogP contribution in [0.15, 0.2) is 36.0 Å². The van der Waals surface area contributed by atoms with Gasteiger partial charge in [0.05, 0.1) is 20.3 Å². The standard InChI is InChI=1S/C13H13F2NO5/c1-19-11(17)7-10(12(18)20-2)16-8-4-3-5-9(6-8)21-13(14)15/h3-7,13,16H,1-2H3/b10-7+. The van der Waals surface area contributed by atoms with E-state index in [0.717, 1.165) is 20.3 Å². The number of anilines is 1. The summed E-state index contributed by atoms with van der Waals surface area (Å²) in [7, 11) is 2.27. The van der Waals surface area contributed by atoms with Gasteiger partial charge in [0.2, 0.25) is 0 Å². The molecule has 0 aliphatic rings. The fraction of sp³-hybridized carbons (Fsp3) is 0.231. The summed E-state index contributed by atoms with van der Waals surface area (Å²) in [5.74, 6) is -1.69. The zero-order valence-corrected chi connectivity index (χ0v) is 11.3. The topological polar surface area (TPSA) is 73.9 Å². The molecule has 0 aromatic heterocycles. The van der Waals surface area contributed by atoms with Crippen molar-refractivity contribution >= 4 is 17.6 Å². The third-order valence-corrected chi connectivity index (χ3v) is 2.21. The number of ether oxygens (including phenoxy) is 3. The van der Waals surface area contributed by atoms with Crippen LogP contribution >= 0.6 is 0 Å². The predicted molar refractivity (Wildman–Crippen MR) is 68.8 cm³/mol. The Labute approximate surface area is 119 Å². The molecule has 0 amide bonds. The zero-order chi connectivity index (χ0) is 15.8. The number of nitrogens with one attached hydrogen (secondary N) is 1. The van der Waals surface area contributed by atoms with Crippen LogP contribution in [0.2, 0.25) is 0 Å². The summed E-state index contributed by atoms with van der Waals surface area (Å²) < 4.78 is 37.4. The molecule has 0 heterocycles. The van der Waals surface area contributed by atoms with Gasteiger partial charge in [-0.25, -0.2) is 9.59 Å². The molecule has 1 rings (SSSR count). The van der Waals surface area contributed by atoms with Crippen LogP contribution in [0.1, 0.15) is 0 Å². The van der Waals surface area contributed by atoms with Crippen LogP contribution in [0.5, 0.6) is 5.75 Å². The Bertz CT molecular complexity index is 545.